The van der Waals surface area contributed by atoms with Crippen molar-refractivity contribution in [3.8, 4) is 11.5 Å². The van der Waals surface area contributed by atoms with Gasteiger partial charge in [-0.25, -0.2) is 9.38 Å². The van der Waals surface area contributed by atoms with Crippen LogP contribution in [0, 0.1) is 11.2 Å². The Bertz CT molecular complexity index is 1020. The zero-order valence-electron chi connectivity index (χ0n) is 18.0. The first-order valence-corrected chi connectivity index (χ1v) is 9.47. The number of amides is 1. The molecule has 0 bridgehead atoms. The second kappa shape index (κ2) is 7.51. The highest BCUT2D eigenvalue weighted by molar-refractivity contribution is 6.01. The Morgan fingerprint density at radius 1 is 1.10 bits per heavy atom. The van der Waals surface area contributed by atoms with Gasteiger partial charge in [-0.1, -0.05) is 0 Å². The van der Waals surface area contributed by atoms with Gasteiger partial charge < -0.3 is 20.5 Å². The Balaban J connectivity index is 2.10. The highest BCUT2D eigenvalue weighted by atomic mass is 19.1. The first-order chi connectivity index (χ1) is 14.0. The number of guanidine groups is 1. The van der Waals surface area contributed by atoms with Crippen LogP contribution in [-0.4, -0.2) is 38.0 Å². The molecule has 0 spiro atoms. The summed E-state index contributed by atoms with van der Waals surface area (Å²) in [6.45, 7) is 5.21. The van der Waals surface area contributed by atoms with Crippen LogP contribution >= 0.6 is 0 Å². The second-order valence-corrected chi connectivity index (χ2v) is 7.92. The molecule has 2 aromatic rings. The smallest absolute Gasteiger partial charge is 0.237 e. The minimum absolute atomic E-state index is 0.0500. The lowest BCUT2D eigenvalue weighted by molar-refractivity contribution is -0.140. The molecule has 1 atom stereocenters. The molecule has 2 aromatic carbocycles. The number of hydrogen-bond donors (Lipinski definition) is 2. The number of rotatable bonds is 5. The summed E-state index contributed by atoms with van der Waals surface area (Å²) in [5, 5.41) is 3.23. The monoisotopic (exact) mass is 414 g/mol. The first-order valence-electron chi connectivity index (χ1n) is 9.47. The molecule has 160 valence electrons. The molecule has 1 heterocycles. The van der Waals surface area contributed by atoms with Crippen LogP contribution < -0.4 is 20.5 Å². The van der Waals surface area contributed by atoms with Gasteiger partial charge >= 0.3 is 0 Å². The van der Waals surface area contributed by atoms with Gasteiger partial charge in [0.1, 0.15) is 22.9 Å². The van der Waals surface area contributed by atoms with Gasteiger partial charge in [0.15, 0.2) is 5.96 Å². The van der Waals surface area contributed by atoms with Crippen LogP contribution in [-0.2, 0) is 10.3 Å². The molecule has 3 N–H and O–H groups in total. The summed E-state index contributed by atoms with van der Waals surface area (Å²) in [5.41, 5.74) is 5.29. The van der Waals surface area contributed by atoms with Gasteiger partial charge in [0.05, 0.1) is 25.3 Å². The number of halogens is 1. The van der Waals surface area contributed by atoms with Crippen molar-refractivity contribution < 1.29 is 18.7 Å². The van der Waals surface area contributed by atoms with E-state index in [1.807, 2.05) is 0 Å². The maximum absolute atomic E-state index is 15.0. The molecule has 0 saturated carbocycles. The van der Waals surface area contributed by atoms with E-state index in [1.54, 1.807) is 72.4 Å². The zero-order valence-corrected chi connectivity index (χ0v) is 18.0. The van der Waals surface area contributed by atoms with E-state index in [0.717, 1.165) is 0 Å². The molecule has 0 saturated heterocycles. The molecular weight excluding hydrogens is 387 g/mol. The highest BCUT2D eigenvalue weighted by Gasteiger charge is 2.53. The maximum atomic E-state index is 15.0. The van der Waals surface area contributed by atoms with Crippen molar-refractivity contribution in [1.82, 2.24) is 4.90 Å². The van der Waals surface area contributed by atoms with Crippen molar-refractivity contribution in [3.63, 3.8) is 0 Å². The summed E-state index contributed by atoms with van der Waals surface area (Å²) < 4.78 is 25.7. The topological polar surface area (TPSA) is 89.2 Å². The number of methoxy groups -OCH3 is 2. The lowest BCUT2D eigenvalue weighted by atomic mass is 9.67. The number of aliphatic imine (C=N–C) groups is 1. The zero-order chi connectivity index (χ0) is 22.3. The molecule has 1 amide bonds. The molecule has 0 aliphatic carbocycles. The lowest BCUT2D eigenvalue weighted by Crippen LogP contribution is -2.58. The Hall–Kier alpha value is -3.29. The molecule has 0 fully saturated rings. The van der Waals surface area contributed by atoms with Gasteiger partial charge in [-0.2, -0.15) is 0 Å². The molecule has 0 aromatic heterocycles. The van der Waals surface area contributed by atoms with Crippen molar-refractivity contribution in [2.75, 3.05) is 26.6 Å². The molecule has 0 radical (unpaired) electrons. The average molecular weight is 414 g/mol. The van der Waals surface area contributed by atoms with Crippen LogP contribution in [0.15, 0.2) is 41.4 Å². The fourth-order valence-corrected chi connectivity index (χ4v) is 3.62. The van der Waals surface area contributed by atoms with E-state index in [9.17, 15) is 9.18 Å². The number of ether oxygens (including phenoxy) is 2. The largest absolute Gasteiger partial charge is 0.497 e. The molecule has 1 aliphatic rings. The molecule has 30 heavy (non-hydrogen) atoms. The van der Waals surface area contributed by atoms with E-state index in [0.29, 0.717) is 22.9 Å². The van der Waals surface area contributed by atoms with Crippen LogP contribution in [0.2, 0.25) is 0 Å². The van der Waals surface area contributed by atoms with E-state index < -0.39 is 16.8 Å². The Morgan fingerprint density at radius 2 is 1.80 bits per heavy atom. The quantitative estimate of drug-likeness (QED) is 0.780. The normalized spacial score (nSPS) is 20.6. The van der Waals surface area contributed by atoms with E-state index in [4.69, 9.17) is 15.2 Å². The predicted molar refractivity (Wildman–Crippen MR) is 115 cm³/mol. The number of benzene rings is 2. The van der Waals surface area contributed by atoms with E-state index in [-0.39, 0.29) is 17.4 Å². The second-order valence-electron chi connectivity index (χ2n) is 7.92. The molecule has 8 heteroatoms. The summed E-state index contributed by atoms with van der Waals surface area (Å²) in [6.07, 6.45) is 0. The number of nitrogens with two attached hydrogens (primary N) is 1. The van der Waals surface area contributed by atoms with Crippen molar-refractivity contribution in [3.05, 3.63) is 47.8 Å². The minimum Gasteiger partial charge on any atom is -0.497 e. The maximum Gasteiger partial charge on any atom is 0.237 e. The number of carbonyl (C=O) groups excluding carboxylic acids is 1. The summed E-state index contributed by atoms with van der Waals surface area (Å²) in [7, 11) is 4.70. The predicted octanol–water partition coefficient (Wildman–Crippen LogP) is 3.61. The van der Waals surface area contributed by atoms with Gasteiger partial charge in [0.2, 0.25) is 5.91 Å². The molecular formula is C22H27FN4O3. The summed E-state index contributed by atoms with van der Waals surface area (Å²) in [5.74, 6) is 0.596. The van der Waals surface area contributed by atoms with Crippen LogP contribution in [0.5, 0.6) is 11.5 Å². The van der Waals surface area contributed by atoms with Crippen molar-refractivity contribution in [1.29, 1.82) is 0 Å². The van der Waals surface area contributed by atoms with Crippen LogP contribution in [0.25, 0.3) is 0 Å². The fraction of sp³-hybridized carbons (Fsp3) is 0.364. The van der Waals surface area contributed by atoms with Crippen LogP contribution in [0.3, 0.4) is 0 Å². The van der Waals surface area contributed by atoms with Crippen LogP contribution in [0.1, 0.15) is 26.3 Å². The Morgan fingerprint density at radius 3 is 2.43 bits per heavy atom. The Labute approximate surface area is 175 Å². The first kappa shape index (κ1) is 21.4. The minimum atomic E-state index is -1.19. The number of anilines is 2. The van der Waals surface area contributed by atoms with E-state index in [1.165, 1.54) is 11.0 Å². The number of hydrogen-bond acceptors (Lipinski definition) is 6. The van der Waals surface area contributed by atoms with E-state index in [2.05, 4.69) is 10.3 Å². The Kier molecular flexibility index (Phi) is 5.36. The summed E-state index contributed by atoms with van der Waals surface area (Å²) >= 11 is 0. The third-order valence-corrected chi connectivity index (χ3v) is 5.91. The van der Waals surface area contributed by atoms with Gasteiger partial charge in [-0.3, -0.25) is 9.69 Å². The highest BCUT2D eigenvalue weighted by Crippen LogP contribution is 2.48. The standard InChI is InChI=1S/C22H27FN4O3/c1-21(2)19(28)27(4)20(24)26-22(21,3)15-11-13(7-9-16(15)23)25-17-12-14(29-5)8-10-18(17)30-6/h7-12,25H,1-6H3,(H2,24,26)/t22-/m1/s1. The number of carbonyl (C=O) groups is 1. The molecule has 7 nitrogen and oxygen atoms in total. The summed E-state index contributed by atoms with van der Waals surface area (Å²) in [4.78, 5) is 18.7. The number of nitrogens with zero attached hydrogens (tertiary/aromatic N) is 2. The van der Waals surface area contributed by atoms with Gasteiger partial charge in [0.25, 0.3) is 0 Å². The average Bonchev–Trinajstić information content (AvgIpc) is 2.72. The van der Waals surface area contributed by atoms with Crippen molar-refractivity contribution in [2.24, 2.45) is 16.1 Å². The van der Waals surface area contributed by atoms with Crippen molar-refractivity contribution in [2.45, 2.75) is 26.3 Å². The number of nitrogens with one attached hydrogen (secondary N) is 1. The third kappa shape index (κ3) is 3.32. The van der Waals surface area contributed by atoms with Gasteiger partial charge in [-0.05, 0) is 51.1 Å². The lowest BCUT2D eigenvalue weighted by Gasteiger charge is -2.46. The molecule has 0 unspecified atom stereocenters. The SMILES string of the molecule is COc1ccc(OC)c(Nc2ccc(F)c([C@@]3(C)N=C(N)N(C)C(=O)C3(C)C)c2)c1. The van der Waals surface area contributed by atoms with Crippen molar-refractivity contribution >= 4 is 23.2 Å². The van der Waals surface area contributed by atoms with Gasteiger partial charge in [0, 0.05) is 24.4 Å². The summed E-state index contributed by atoms with van der Waals surface area (Å²) in [6, 6.07) is 9.94. The van der Waals surface area contributed by atoms with Gasteiger partial charge in [-0.15, -0.1) is 0 Å². The van der Waals surface area contributed by atoms with E-state index >= 15 is 0 Å². The third-order valence-electron chi connectivity index (χ3n) is 5.91. The molecule has 3 rings (SSSR count). The fourth-order valence-electron chi connectivity index (χ4n) is 3.62. The molecule has 1 aliphatic heterocycles. The van der Waals surface area contributed by atoms with Crippen LogP contribution in [0.4, 0.5) is 15.8 Å².